The van der Waals surface area contributed by atoms with Gasteiger partial charge in [0.2, 0.25) is 0 Å². The molecule has 1 amide bonds. The van der Waals surface area contributed by atoms with E-state index in [1.54, 1.807) is 0 Å². The summed E-state index contributed by atoms with van der Waals surface area (Å²) in [6.07, 6.45) is -0.985. The van der Waals surface area contributed by atoms with Crippen LogP contribution in [0.1, 0.15) is 23.8 Å². The molecule has 1 heterocycles. The van der Waals surface area contributed by atoms with Gasteiger partial charge in [-0.3, -0.25) is 9.59 Å². The third-order valence-corrected chi connectivity index (χ3v) is 2.28. The molecule has 8 nitrogen and oxygen atoms in total. The molecule has 0 aliphatic heterocycles. The number of nitrogens with zero attached hydrogens (tertiary/aromatic N) is 2. The van der Waals surface area contributed by atoms with Crippen LogP contribution in [-0.4, -0.2) is 44.5 Å². The number of aromatic nitrogens is 2. The Balaban J connectivity index is 2.74. The Morgan fingerprint density at radius 2 is 2.16 bits per heavy atom. The molecule has 0 aliphatic rings. The highest BCUT2D eigenvalue weighted by molar-refractivity contribution is 5.92. The minimum atomic E-state index is -1.68. The van der Waals surface area contributed by atoms with Crippen molar-refractivity contribution in [1.29, 1.82) is 0 Å². The van der Waals surface area contributed by atoms with Gasteiger partial charge in [0, 0.05) is 12.6 Å². The van der Waals surface area contributed by atoms with E-state index in [9.17, 15) is 14.4 Å². The minimum absolute atomic E-state index is 0.00867. The number of aliphatic hydroxyl groups excluding tert-OH is 1. The number of carbonyl (C=O) groups is 2. The zero-order valence-corrected chi connectivity index (χ0v) is 10.4. The van der Waals surface area contributed by atoms with Crippen molar-refractivity contribution in [2.45, 2.75) is 26.0 Å². The van der Waals surface area contributed by atoms with E-state index in [1.807, 2.05) is 6.92 Å². The second-order valence-electron chi connectivity index (χ2n) is 3.84. The van der Waals surface area contributed by atoms with Crippen LogP contribution in [0.15, 0.2) is 16.9 Å². The summed E-state index contributed by atoms with van der Waals surface area (Å²) in [6, 6.07) is 2.46. The Bertz CT molecular complexity index is 525. The number of nitrogens with one attached hydrogen (secondary N) is 1. The number of aliphatic hydroxyl groups is 1. The minimum Gasteiger partial charge on any atom is -0.479 e. The number of carboxylic acid groups (broad SMARTS) is 1. The summed E-state index contributed by atoms with van der Waals surface area (Å²) >= 11 is 0. The maximum absolute atomic E-state index is 11.6. The third kappa shape index (κ3) is 4.18. The molecule has 1 atom stereocenters. The van der Waals surface area contributed by atoms with Gasteiger partial charge in [-0.15, -0.1) is 0 Å². The average molecular weight is 269 g/mol. The van der Waals surface area contributed by atoms with Gasteiger partial charge < -0.3 is 15.5 Å². The van der Waals surface area contributed by atoms with E-state index in [1.165, 1.54) is 12.1 Å². The molecule has 3 N–H and O–H groups in total. The highest BCUT2D eigenvalue weighted by Crippen LogP contribution is 1.92. The topological polar surface area (TPSA) is 122 Å². The standard InChI is InChI=1S/C11H15N3O5/c1-2-5-14-9(16)4-3-7(13-14)10(17)12-6-8(15)11(18)19/h3-4,8,15H,2,5-6H2,1H3,(H,12,17)(H,18,19)/t8-/m0/s1. The van der Waals surface area contributed by atoms with E-state index >= 15 is 0 Å². The van der Waals surface area contributed by atoms with Gasteiger partial charge in [0.15, 0.2) is 6.10 Å². The first-order valence-electron chi connectivity index (χ1n) is 5.73. The molecule has 1 rings (SSSR count). The summed E-state index contributed by atoms with van der Waals surface area (Å²) in [7, 11) is 0. The first kappa shape index (κ1) is 14.8. The predicted molar refractivity (Wildman–Crippen MR) is 64.8 cm³/mol. The second kappa shape index (κ2) is 6.64. The van der Waals surface area contributed by atoms with Crippen LogP contribution in [0.4, 0.5) is 0 Å². The van der Waals surface area contributed by atoms with Gasteiger partial charge in [-0.1, -0.05) is 6.92 Å². The molecule has 0 unspecified atom stereocenters. The lowest BCUT2D eigenvalue weighted by atomic mass is 10.3. The molecule has 8 heteroatoms. The maximum Gasteiger partial charge on any atom is 0.334 e. The third-order valence-electron chi connectivity index (χ3n) is 2.28. The van der Waals surface area contributed by atoms with E-state index in [0.717, 1.165) is 4.68 Å². The largest absolute Gasteiger partial charge is 0.479 e. The first-order chi connectivity index (χ1) is 8.95. The van der Waals surface area contributed by atoms with Crippen LogP contribution in [0, 0.1) is 0 Å². The Kier molecular flexibility index (Phi) is 5.19. The van der Waals surface area contributed by atoms with Crippen molar-refractivity contribution >= 4 is 11.9 Å². The van der Waals surface area contributed by atoms with Gasteiger partial charge in [-0.25, -0.2) is 9.48 Å². The van der Waals surface area contributed by atoms with Crippen molar-refractivity contribution in [2.75, 3.05) is 6.54 Å². The van der Waals surface area contributed by atoms with E-state index in [4.69, 9.17) is 10.2 Å². The van der Waals surface area contributed by atoms with Crippen molar-refractivity contribution in [3.05, 3.63) is 28.2 Å². The molecular formula is C11H15N3O5. The molecule has 0 aromatic carbocycles. The van der Waals surface area contributed by atoms with Gasteiger partial charge in [-0.2, -0.15) is 5.10 Å². The van der Waals surface area contributed by atoms with E-state index in [0.29, 0.717) is 13.0 Å². The number of aliphatic carboxylic acids is 1. The summed E-state index contributed by atoms with van der Waals surface area (Å²) in [5.41, 5.74) is -0.324. The summed E-state index contributed by atoms with van der Waals surface area (Å²) in [5.74, 6) is -2.07. The summed E-state index contributed by atoms with van der Waals surface area (Å²) in [4.78, 5) is 33.4. The summed E-state index contributed by atoms with van der Waals surface area (Å²) in [5, 5.41) is 23.5. The van der Waals surface area contributed by atoms with E-state index < -0.39 is 24.5 Å². The molecule has 0 bridgehead atoms. The number of hydrogen-bond donors (Lipinski definition) is 3. The fourth-order valence-electron chi connectivity index (χ4n) is 1.31. The molecular weight excluding hydrogens is 254 g/mol. The number of amides is 1. The fourth-order valence-corrected chi connectivity index (χ4v) is 1.31. The van der Waals surface area contributed by atoms with Crippen molar-refractivity contribution in [3.63, 3.8) is 0 Å². The molecule has 0 saturated carbocycles. The first-order valence-corrected chi connectivity index (χ1v) is 5.73. The smallest absolute Gasteiger partial charge is 0.334 e. The van der Waals surface area contributed by atoms with Crippen LogP contribution in [0.3, 0.4) is 0 Å². The molecule has 0 aliphatic carbocycles. The zero-order valence-electron chi connectivity index (χ0n) is 10.4. The molecule has 0 saturated heterocycles. The molecule has 0 radical (unpaired) electrons. The van der Waals surface area contributed by atoms with Crippen LogP contribution in [0.5, 0.6) is 0 Å². The quantitative estimate of drug-likeness (QED) is 0.598. The summed E-state index contributed by atoms with van der Waals surface area (Å²) < 4.78 is 1.16. The molecule has 0 spiro atoms. The normalized spacial score (nSPS) is 11.9. The predicted octanol–water partition coefficient (Wildman–Crippen LogP) is -1.17. The number of rotatable bonds is 6. The number of carboxylic acids is 1. The van der Waals surface area contributed by atoms with Gasteiger partial charge >= 0.3 is 5.97 Å². The highest BCUT2D eigenvalue weighted by atomic mass is 16.4. The number of carbonyl (C=O) groups excluding carboxylic acids is 1. The highest BCUT2D eigenvalue weighted by Gasteiger charge is 2.16. The summed E-state index contributed by atoms with van der Waals surface area (Å²) in [6.45, 7) is 1.82. The fraction of sp³-hybridized carbons (Fsp3) is 0.455. The van der Waals surface area contributed by atoms with Gasteiger partial charge in [0.05, 0.1) is 6.54 Å². The molecule has 19 heavy (non-hydrogen) atoms. The Labute approximate surface area is 108 Å². The van der Waals surface area contributed by atoms with Crippen LogP contribution < -0.4 is 10.9 Å². The SMILES string of the molecule is CCCn1nc(C(=O)NC[C@H](O)C(=O)O)ccc1=O. The Morgan fingerprint density at radius 3 is 2.74 bits per heavy atom. The second-order valence-corrected chi connectivity index (χ2v) is 3.84. The molecule has 0 fully saturated rings. The van der Waals surface area contributed by atoms with Crippen LogP contribution in [-0.2, 0) is 11.3 Å². The lowest BCUT2D eigenvalue weighted by Gasteiger charge is -2.08. The van der Waals surface area contributed by atoms with Crippen molar-refractivity contribution in [1.82, 2.24) is 15.1 Å². The van der Waals surface area contributed by atoms with Crippen molar-refractivity contribution in [2.24, 2.45) is 0 Å². The maximum atomic E-state index is 11.6. The lowest BCUT2D eigenvalue weighted by molar-refractivity contribution is -0.146. The van der Waals surface area contributed by atoms with Crippen LogP contribution in [0.25, 0.3) is 0 Å². The van der Waals surface area contributed by atoms with Crippen LogP contribution >= 0.6 is 0 Å². The number of hydrogen-bond acceptors (Lipinski definition) is 5. The van der Waals surface area contributed by atoms with Gasteiger partial charge in [0.25, 0.3) is 11.5 Å². The van der Waals surface area contributed by atoms with Crippen LogP contribution in [0.2, 0.25) is 0 Å². The zero-order chi connectivity index (χ0) is 14.4. The van der Waals surface area contributed by atoms with Crippen molar-refractivity contribution < 1.29 is 19.8 Å². The Morgan fingerprint density at radius 1 is 1.47 bits per heavy atom. The Hall–Kier alpha value is -2.22. The molecule has 1 aromatic rings. The monoisotopic (exact) mass is 269 g/mol. The molecule has 1 aromatic heterocycles. The molecule has 104 valence electrons. The van der Waals surface area contributed by atoms with Crippen molar-refractivity contribution in [3.8, 4) is 0 Å². The lowest BCUT2D eigenvalue weighted by Crippen LogP contribution is -2.37. The van der Waals surface area contributed by atoms with Gasteiger partial charge in [0.1, 0.15) is 5.69 Å². The van der Waals surface area contributed by atoms with Gasteiger partial charge in [-0.05, 0) is 12.5 Å². The number of aryl methyl sites for hydroxylation is 1. The van der Waals surface area contributed by atoms with E-state index in [-0.39, 0.29) is 11.3 Å². The van der Waals surface area contributed by atoms with E-state index in [2.05, 4.69) is 10.4 Å². The average Bonchev–Trinajstić information content (AvgIpc) is 2.38.